The molecule has 13 heavy (non-hydrogen) atoms. The van der Waals surface area contributed by atoms with Gasteiger partial charge in [-0.15, -0.1) is 0 Å². The zero-order chi connectivity index (χ0) is 9.26. The lowest BCUT2D eigenvalue weighted by atomic mass is 9.96. The SMILES string of the molecule is CCOC(=O)c1ccc2c(c1)C=C2. The summed E-state index contributed by atoms with van der Waals surface area (Å²) in [5.74, 6) is -0.245. The quantitative estimate of drug-likeness (QED) is 0.653. The van der Waals surface area contributed by atoms with Crippen LogP contribution in [-0.2, 0) is 4.74 Å². The van der Waals surface area contributed by atoms with Crippen LogP contribution >= 0.6 is 0 Å². The van der Waals surface area contributed by atoms with Crippen LogP contribution in [0.15, 0.2) is 18.2 Å². The minimum atomic E-state index is -0.245. The molecule has 0 bridgehead atoms. The van der Waals surface area contributed by atoms with E-state index in [-0.39, 0.29) is 5.97 Å². The van der Waals surface area contributed by atoms with E-state index in [1.54, 1.807) is 13.0 Å². The summed E-state index contributed by atoms with van der Waals surface area (Å²) < 4.78 is 4.88. The van der Waals surface area contributed by atoms with Crippen molar-refractivity contribution in [3.63, 3.8) is 0 Å². The first-order valence-corrected chi connectivity index (χ1v) is 4.30. The van der Waals surface area contributed by atoms with Crippen LogP contribution in [0, 0.1) is 0 Å². The Kier molecular flexibility index (Phi) is 1.89. The normalized spacial score (nSPS) is 11.8. The van der Waals surface area contributed by atoms with Crippen LogP contribution < -0.4 is 0 Å². The van der Waals surface area contributed by atoms with Crippen molar-refractivity contribution in [1.82, 2.24) is 0 Å². The van der Waals surface area contributed by atoms with Gasteiger partial charge in [-0.1, -0.05) is 18.2 Å². The molecule has 2 heteroatoms. The fourth-order valence-electron chi connectivity index (χ4n) is 1.30. The van der Waals surface area contributed by atoms with Gasteiger partial charge in [0.05, 0.1) is 12.2 Å². The van der Waals surface area contributed by atoms with E-state index in [9.17, 15) is 4.79 Å². The average molecular weight is 174 g/mol. The molecule has 0 saturated carbocycles. The number of esters is 1. The number of hydrogen-bond acceptors (Lipinski definition) is 2. The molecule has 0 aromatic heterocycles. The van der Waals surface area contributed by atoms with Crippen LogP contribution in [0.2, 0.25) is 0 Å². The van der Waals surface area contributed by atoms with Crippen molar-refractivity contribution >= 4 is 18.1 Å². The van der Waals surface area contributed by atoms with Gasteiger partial charge in [0.15, 0.2) is 0 Å². The summed E-state index contributed by atoms with van der Waals surface area (Å²) in [5, 5.41) is 0. The van der Waals surface area contributed by atoms with E-state index in [1.807, 2.05) is 24.3 Å². The molecule has 0 radical (unpaired) electrons. The number of carbonyl (C=O) groups is 1. The van der Waals surface area contributed by atoms with E-state index in [0.717, 1.165) is 5.56 Å². The molecular formula is C11H10O2. The van der Waals surface area contributed by atoms with Gasteiger partial charge in [-0.25, -0.2) is 4.79 Å². The second-order valence-corrected chi connectivity index (χ2v) is 2.90. The van der Waals surface area contributed by atoms with Gasteiger partial charge in [-0.3, -0.25) is 0 Å². The number of benzene rings is 1. The van der Waals surface area contributed by atoms with Crippen molar-refractivity contribution in [1.29, 1.82) is 0 Å². The summed E-state index contributed by atoms with van der Waals surface area (Å²) in [4.78, 5) is 11.3. The van der Waals surface area contributed by atoms with Crippen molar-refractivity contribution in [3.05, 3.63) is 34.9 Å². The second-order valence-electron chi connectivity index (χ2n) is 2.90. The highest BCUT2D eigenvalue weighted by Crippen LogP contribution is 2.24. The van der Waals surface area contributed by atoms with E-state index >= 15 is 0 Å². The first kappa shape index (κ1) is 8.05. The molecule has 0 aliphatic heterocycles. The van der Waals surface area contributed by atoms with Gasteiger partial charge in [0, 0.05) is 0 Å². The molecule has 66 valence electrons. The number of hydrogen-bond donors (Lipinski definition) is 0. The number of ether oxygens (including phenoxy) is 1. The van der Waals surface area contributed by atoms with Crippen LogP contribution in [0.25, 0.3) is 12.2 Å². The van der Waals surface area contributed by atoms with Gasteiger partial charge < -0.3 is 4.74 Å². The molecule has 0 fully saturated rings. The van der Waals surface area contributed by atoms with Gasteiger partial charge in [-0.2, -0.15) is 0 Å². The third kappa shape index (κ3) is 1.35. The minimum absolute atomic E-state index is 0.245. The van der Waals surface area contributed by atoms with Crippen LogP contribution in [0.1, 0.15) is 28.4 Å². The standard InChI is InChI=1S/C11H10O2/c1-2-13-11(12)10-6-4-8-3-5-9(8)7-10/h3-7H,2H2,1H3. The van der Waals surface area contributed by atoms with E-state index < -0.39 is 0 Å². The third-order valence-electron chi connectivity index (χ3n) is 2.04. The van der Waals surface area contributed by atoms with Gasteiger partial charge in [0.1, 0.15) is 0 Å². The van der Waals surface area contributed by atoms with Crippen molar-refractivity contribution in [2.75, 3.05) is 6.61 Å². The smallest absolute Gasteiger partial charge is 0.338 e. The molecule has 1 aromatic carbocycles. The molecule has 0 atom stereocenters. The Balaban J connectivity index is 2.24. The zero-order valence-electron chi connectivity index (χ0n) is 7.41. The monoisotopic (exact) mass is 174 g/mol. The summed E-state index contributed by atoms with van der Waals surface area (Å²) in [5.41, 5.74) is 2.93. The Morgan fingerprint density at radius 3 is 2.62 bits per heavy atom. The maximum atomic E-state index is 11.3. The van der Waals surface area contributed by atoms with Crippen molar-refractivity contribution in [2.24, 2.45) is 0 Å². The lowest BCUT2D eigenvalue weighted by Gasteiger charge is -2.11. The molecule has 1 aliphatic rings. The summed E-state index contributed by atoms with van der Waals surface area (Å²) in [7, 11) is 0. The van der Waals surface area contributed by atoms with E-state index in [0.29, 0.717) is 12.2 Å². The minimum Gasteiger partial charge on any atom is -0.462 e. The number of rotatable bonds is 2. The highest BCUT2D eigenvalue weighted by Gasteiger charge is 2.10. The lowest BCUT2D eigenvalue weighted by molar-refractivity contribution is 0.0526. The van der Waals surface area contributed by atoms with E-state index in [4.69, 9.17) is 4.74 Å². The van der Waals surface area contributed by atoms with Crippen LogP contribution in [0.5, 0.6) is 0 Å². The van der Waals surface area contributed by atoms with Crippen molar-refractivity contribution < 1.29 is 9.53 Å². The van der Waals surface area contributed by atoms with Crippen molar-refractivity contribution in [2.45, 2.75) is 6.92 Å². The maximum absolute atomic E-state index is 11.3. The molecule has 2 rings (SSSR count). The Morgan fingerprint density at radius 2 is 2.08 bits per heavy atom. The average Bonchev–Trinajstić information content (AvgIpc) is 2.07. The van der Waals surface area contributed by atoms with Gasteiger partial charge in [-0.05, 0) is 30.2 Å². The third-order valence-corrected chi connectivity index (χ3v) is 2.04. The lowest BCUT2D eigenvalue weighted by Crippen LogP contribution is -2.05. The number of carbonyl (C=O) groups excluding carboxylic acids is 1. The predicted molar refractivity (Wildman–Crippen MR) is 51.3 cm³/mol. The number of fused-ring (bicyclic) bond motifs is 1. The first-order chi connectivity index (χ1) is 6.31. The molecule has 0 N–H and O–H groups in total. The molecular weight excluding hydrogens is 164 g/mol. The summed E-state index contributed by atoms with van der Waals surface area (Å²) in [6, 6.07) is 5.58. The van der Waals surface area contributed by atoms with Crippen LogP contribution in [-0.4, -0.2) is 12.6 Å². The molecule has 0 amide bonds. The van der Waals surface area contributed by atoms with E-state index in [2.05, 4.69) is 0 Å². The fraction of sp³-hybridized carbons (Fsp3) is 0.182. The fourth-order valence-corrected chi connectivity index (χ4v) is 1.30. The zero-order valence-corrected chi connectivity index (χ0v) is 7.41. The molecule has 0 heterocycles. The molecule has 0 saturated heterocycles. The molecule has 0 spiro atoms. The second kappa shape index (κ2) is 3.05. The molecule has 1 aromatic rings. The highest BCUT2D eigenvalue weighted by molar-refractivity contribution is 5.94. The summed E-state index contributed by atoms with van der Waals surface area (Å²) >= 11 is 0. The molecule has 2 nitrogen and oxygen atoms in total. The molecule has 1 aliphatic carbocycles. The van der Waals surface area contributed by atoms with Gasteiger partial charge in [0.25, 0.3) is 0 Å². The maximum Gasteiger partial charge on any atom is 0.338 e. The largest absolute Gasteiger partial charge is 0.462 e. The van der Waals surface area contributed by atoms with Crippen LogP contribution in [0.3, 0.4) is 0 Å². The Hall–Kier alpha value is -1.57. The Labute approximate surface area is 76.8 Å². The van der Waals surface area contributed by atoms with Crippen LogP contribution in [0.4, 0.5) is 0 Å². The Morgan fingerprint density at radius 1 is 1.31 bits per heavy atom. The van der Waals surface area contributed by atoms with Gasteiger partial charge >= 0.3 is 5.97 Å². The first-order valence-electron chi connectivity index (χ1n) is 4.30. The van der Waals surface area contributed by atoms with Gasteiger partial charge in [0.2, 0.25) is 0 Å². The predicted octanol–water partition coefficient (Wildman–Crippen LogP) is 2.35. The molecule has 0 unspecified atom stereocenters. The highest BCUT2D eigenvalue weighted by atomic mass is 16.5. The topological polar surface area (TPSA) is 26.3 Å². The van der Waals surface area contributed by atoms with Crippen molar-refractivity contribution in [3.8, 4) is 0 Å². The summed E-state index contributed by atoms with van der Waals surface area (Å²) in [6.07, 6.45) is 4.00. The van der Waals surface area contributed by atoms with E-state index in [1.165, 1.54) is 5.56 Å². The Bertz CT molecular complexity index is 378. The summed E-state index contributed by atoms with van der Waals surface area (Å²) in [6.45, 7) is 2.23.